The van der Waals surface area contributed by atoms with Crippen molar-refractivity contribution in [2.45, 2.75) is 20.4 Å². The number of rotatable bonds is 4. The average molecular weight is 301 g/mol. The predicted molar refractivity (Wildman–Crippen MR) is 79.4 cm³/mol. The summed E-state index contributed by atoms with van der Waals surface area (Å²) in [7, 11) is 0. The van der Waals surface area contributed by atoms with E-state index in [9.17, 15) is 9.59 Å². The van der Waals surface area contributed by atoms with E-state index in [0.29, 0.717) is 29.3 Å². The molecule has 3 aromatic heterocycles. The summed E-state index contributed by atoms with van der Waals surface area (Å²) >= 11 is 0. The number of nitrogens with zero attached hydrogens (tertiary/aromatic N) is 2. The molecule has 3 rings (SSSR count). The SMILES string of the molecule is CCOC(=O)Cn1nc(C)c2c(-c3ccco3)cc(=O)[nH]c21. The normalized spacial score (nSPS) is 11.0. The first-order valence-corrected chi connectivity index (χ1v) is 6.90. The summed E-state index contributed by atoms with van der Waals surface area (Å²) in [5.74, 6) is 0.172. The van der Waals surface area contributed by atoms with E-state index in [2.05, 4.69) is 10.1 Å². The van der Waals surface area contributed by atoms with Crippen LogP contribution in [0.5, 0.6) is 0 Å². The Bertz CT molecular complexity index is 874. The van der Waals surface area contributed by atoms with Crippen LogP contribution in [0.4, 0.5) is 0 Å². The van der Waals surface area contributed by atoms with E-state index in [-0.39, 0.29) is 12.1 Å². The van der Waals surface area contributed by atoms with Crippen molar-refractivity contribution in [3.8, 4) is 11.3 Å². The molecule has 7 nitrogen and oxygen atoms in total. The number of carbonyl (C=O) groups is 1. The molecule has 0 saturated carbocycles. The van der Waals surface area contributed by atoms with Gasteiger partial charge in [-0.15, -0.1) is 0 Å². The highest BCUT2D eigenvalue weighted by atomic mass is 16.5. The molecular formula is C15H15N3O4. The number of ether oxygens (including phenoxy) is 1. The van der Waals surface area contributed by atoms with E-state index < -0.39 is 5.97 Å². The first-order chi connectivity index (χ1) is 10.6. The van der Waals surface area contributed by atoms with Gasteiger partial charge in [0.2, 0.25) is 5.56 Å². The van der Waals surface area contributed by atoms with Gasteiger partial charge in [-0.05, 0) is 26.0 Å². The molecule has 0 spiro atoms. The van der Waals surface area contributed by atoms with Gasteiger partial charge in [0.05, 0.1) is 24.0 Å². The lowest BCUT2D eigenvalue weighted by molar-refractivity contribution is -0.143. The Labute approximate surface area is 125 Å². The number of aromatic nitrogens is 3. The van der Waals surface area contributed by atoms with Gasteiger partial charge in [-0.1, -0.05) is 0 Å². The highest BCUT2D eigenvalue weighted by molar-refractivity contribution is 5.93. The van der Waals surface area contributed by atoms with Crippen LogP contribution in [0.3, 0.4) is 0 Å². The van der Waals surface area contributed by atoms with Crippen molar-refractivity contribution >= 4 is 17.0 Å². The van der Waals surface area contributed by atoms with Crippen LogP contribution in [0.2, 0.25) is 0 Å². The Balaban J connectivity index is 2.18. The monoisotopic (exact) mass is 301 g/mol. The zero-order chi connectivity index (χ0) is 15.7. The van der Waals surface area contributed by atoms with Crippen molar-refractivity contribution in [2.75, 3.05) is 6.61 Å². The van der Waals surface area contributed by atoms with Gasteiger partial charge in [-0.25, -0.2) is 4.68 Å². The fourth-order valence-corrected chi connectivity index (χ4v) is 2.46. The van der Waals surface area contributed by atoms with E-state index in [4.69, 9.17) is 9.15 Å². The largest absolute Gasteiger partial charge is 0.465 e. The van der Waals surface area contributed by atoms with Crippen LogP contribution >= 0.6 is 0 Å². The van der Waals surface area contributed by atoms with Crippen molar-refractivity contribution in [2.24, 2.45) is 0 Å². The van der Waals surface area contributed by atoms with Gasteiger partial charge in [0.1, 0.15) is 18.0 Å². The zero-order valence-electron chi connectivity index (χ0n) is 12.3. The van der Waals surface area contributed by atoms with E-state index in [0.717, 1.165) is 5.39 Å². The van der Waals surface area contributed by atoms with Gasteiger partial charge in [-0.2, -0.15) is 5.10 Å². The second-order valence-electron chi connectivity index (χ2n) is 4.80. The maximum absolute atomic E-state index is 11.9. The molecule has 22 heavy (non-hydrogen) atoms. The quantitative estimate of drug-likeness (QED) is 0.743. The summed E-state index contributed by atoms with van der Waals surface area (Å²) < 4.78 is 11.8. The third-order valence-electron chi connectivity index (χ3n) is 3.28. The first kappa shape index (κ1) is 14.1. The summed E-state index contributed by atoms with van der Waals surface area (Å²) in [4.78, 5) is 26.3. The third kappa shape index (κ3) is 2.41. The molecular weight excluding hydrogens is 286 g/mol. The molecule has 0 unspecified atom stereocenters. The van der Waals surface area contributed by atoms with Crippen LogP contribution in [-0.4, -0.2) is 27.3 Å². The van der Waals surface area contributed by atoms with E-state index in [1.54, 1.807) is 25.3 Å². The minimum Gasteiger partial charge on any atom is -0.465 e. The molecule has 0 radical (unpaired) electrons. The summed E-state index contributed by atoms with van der Waals surface area (Å²) in [5.41, 5.74) is 1.53. The van der Waals surface area contributed by atoms with E-state index in [1.807, 2.05) is 6.92 Å². The van der Waals surface area contributed by atoms with Crippen LogP contribution < -0.4 is 5.56 Å². The number of esters is 1. The summed E-state index contributed by atoms with van der Waals surface area (Å²) in [6.07, 6.45) is 1.54. The molecule has 114 valence electrons. The van der Waals surface area contributed by atoms with Crippen molar-refractivity contribution < 1.29 is 13.9 Å². The van der Waals surface area contributed by atoms with Crippen LogP contribution in [0.25, 0.3) is 22.4 Å². The molecule has 7 heteroatoms. The highest BCUT2D eigenvalue weighted by Crippen LogP contribution is 2.28. The molecule has 0 aliphatic heterocycles. The minimum absolute atomic E-state index is 0.0598. The number of aromatic amines is 1. The van der Waals surface area contributed by atoms with Crippen LogP contribution in [0.1, 0.15) is 12.6 Å². The Morgan fingerprint density at radius 3 is 3.00 bits per heavy atom. The maximum Gasteiger partial charge on any atom is 0.327 e. The number of fused-ring (bicyclic) bond motifs is 1. The predicted octanol–water partition coefficient (Wildman–Crippen LogP) is 1.86. The summed E-state index contributed by atoms with van der Waals surface area (Å²) in [6, 6.07) is 4.99. The molecule has 0 aromatic carbocycles. The number of H-pyrrole nitrogens is 1. The van der Waals surface area contributed by atoms with E-state index in [1.165, 1.54) is 10.7 Å². The van der Waals surface area contributed by atoms with Crippen molar-refractivity contribution in [3.05, 3.63) is 40.5 Å². The average Bonchev–Trinajstić information content (AvgIpc) is 3.08. The van der Waals surface area contributed by atoms with Gasteiger partial charge in [0.25, 0.3) is 0 Å². The fourth-order valence-electron chi connectivity index (χ4n) is 2.46. The Morgan fingerprint density at radius 2 is 2.32 bits per heavy atom. The second-order valence-corrected chi connectivity index (χ2v) is 4.80. The number of hydrogen-bond acceptors (Lipinski definition) is 5. The maximum atomic E-state index is 11.9. The lowest BCUT2D eigenvalue weighted by Crippen LogP contribution is -2.16. The smallest absolute Gasteiger partial charge is 0.327 e. The molecule has 0 aliphatic carbocycles. The van der Waals surface area contributed by atoms with Crippen molar-refractivity contribution in [1.29, 1.82) is 0 Å². The van der Waals surface area contributed by atoms with Gasteiger partial charge in [0, 0.05) is 11.6 Å². The number of aryl methyl sites for hydroxylation is 1. The molecule has 0 atom stereocenters. The summed E-state index contributed by atoms with van der Waals surface area (Å²) in [5, 5.41) is 5.08. The van der Waals surface area contributed by atoms with Gasteiger partial charge in [0.15, 0.2) is 0 Å². The molecule has 0 amide bonds. The number of furan rings is 1. The first-order valence-electron chi connectivity index (χ1n) is 6.90. The zero-order valence-corrected chi connectivity index (χ0v) is 12.3. The Kier molecular flexibility index (Phi) is 3.54. The van der Waals surface area contributed by atoms with Gasteiger partial charge < -0.3 is 14.1 Å². The van der Waals surface area contributed by atoms with Crippen molar-refractivity contribution in [3.63, 3.8) is 0 Å². The van der Waals surface area contributed by atoms with Gasteiger partial charge >= 0.3 is 5.97 Å². The molecule has 3 heterocycles. The fraction of sp³-hybridized carbons (Fsp3) is 0.267. The third-order valence-corrected chi connectivity index (χ3v) is 3.28. The second kappa shape index (κ2) is 5.51. The Morgan fingerprint density at radius 1 is 1.50 bits per heavy atom. The Hall–Kier alpha value is -2.83. The molecule has 0 fully saturated rings. The lowest BCUT2D eigenvalue weighted by Gasteiger charge is -2.04. The van der Waals surface area contributed by atoms with Crippen LogP contribution in [-0.2, 0) is 16.1 Å². The summed E-state index contributed by atoms with van der Waals surface area (Å²) in [6.45, 7) is 3.79. The van der Waals surface area contributed by atoms with E-state index >= 15 is 0 Å². The lowest BCUT2D eigenvalue weighted by atomic mass is 10.1. The molecule has 0 saturated heterocycles. The van der Waals surface area contributed by atoms with Crippen molar-refractivity contribution in [1.82, 2.24) is 14.8 Å². The number of pyridine rings is 1. The molecule has 1 N–H and O–H groups in total. The van der Waals surface area contributed by atoms with Crippen LogP contribution in [0.15, 0.2) is 33.7 Å². The highest BCUT2D eigenvalue weighted by Gasteiger charge is 2.17. The minimum atomic E-state index is -0.406. The topological polar surface area (TPSA) is 90.1 Å². The molecule has 3 aromatic rings. The molecule has 0 aliphatic rings. The number of nitrogens with one attached hydrogen (secondary N) is 1. The molecule has 0 bridgehead atoms. The number of hydrogen-bond donors (Lipinski definition) is 1. The number of carbonyl (C=O) groups excluding carboxylic acids is 1. The standard InChI is InChI=1S/C15H15N3O4/c1-3-21-13(20)8-18-15-14(9(2)17-18)10(7-12(19)16-15)11-5-4-6-22-11/h4-7H,3,8H2,1-2H3,(H,16,19). The van der Waals surface area contributed by atoms with Crippen LogP contribution in [0, 0.1) is 6.92 Å². The van der Waals surface area contributed by atoms with Gasteiger partial charge in [-0.3, -0.25) is 9.59 Å².